The van der Waals surface area contributed by atoms with Crippen LogP contribution in [0.1, 0.15) is 50.4 Å². The van der Waals surface area contributed by atoms with E-state index in [0.717, 1.165) is 19.4 Å². The molecular formula is C17H26N2O4. The first kappa shape index (κ1) is 17.5. The summed E-state index contributed by atoms with van der Waals surface area (Å²) in [5.74, 6) is -0.187. The summed E-state index contributed by atoms with van der Waals surface area (Å²) in [5, 5.41) is 2.92. The summed E-state index contributed by atoms with van der Waals surface area (Å²) in [5.41, 5.74) is 0.227. The molecule has 1 fully saturated rings. The smallest absolute Gasteiger partial charge is 0.257 e. The van der Waals surface area contributed by atoms with Crippen LogP contribution in [-0.2, 0) is 9.53 Å². The Kier molecular flexibility index (Phi) is 5.82. The summed E-state index contributed by atoms with van der Waals surface area (Å²) in [7, 11) is 0. The summed E-state index contributed by atoms with van der Waals surface area (Å²) < 4.78 is 10.6. The molecule has 0 spiro atoms. The molecule has 1 saturated heterocycles. The maximum atomic E-state index is 12.6. The molecule has 1 aromatic heterocycles. The molecule has 6 nitrogen and oxygen atoms in total. The van der Waals surface area contributed by atoms with Crippen molar-refractivity contribution in [1.29, 1.82) is 0 Å². The van der Waals surface area contributed by atoms with Crippen LogP contribution in [0.25, 0.3) is 0 Å². The number of carbonyl (C=O) groups is 2. The van der Waals surface area contributed by atoms with Gasteiger partial charge < -0.3 is 19.4 Å². The number of nitrogens with one attached hydrogen (secondary N) is 1. The Morgan fingerprint density at radius 2 is 2.17 bits per heavy atom. The Labute approximate surface area is 137 Å². The Balaban J connectivity index is 1.95. The predicted octanol–water partition coefficient (Wildman–Crippen LogP) is 2.21. The minimum atomic E-state index is -0.273. The van der Waals surface area contributed by atoms with E-state index in [0.29, 0.717) is 18.7 Å². The van der Waals surface area contributed by atoms with Crippen molar-refractivity contribution in [2.75, 3.05) is 19.7 Å². The number of nitrogens with zero attached hydrogens (tertiary/aromatic N) is 1. The zero-order valence-corrected chi connectivity index (χ0v) is 14.1. The van der Waals surface area contributed by atoms with Gasteiger partial charge in [0.2, 0.25) is 5.91 Å². The molecule has 1 aromatic rings. The normalized spacial score (nSPS) is 18.0. The van der Waals surface area contributed by atoms with Crippen LogP contribution in [-0.4, -0.2) is 48.1 Å². The van der Waals surface area contributed by atoms with Gasteiger partial charge in [0.1, 0.15) is 6.26 Å². The summed E-state index contributed by atoms with van der Waals surface area (Å²) >= 11 is 0. The number of ether oxygens (including phenoxy) is 1. The first-order valence-corrected chi connectivity index (χ1v) is 8.09. The molecule has 6 heteroatoms. The largest absolute Gasteiger partial charge is 0.472 e. The molecule has 1 aliphatic rings. The van der Waals surface area contributed by atoms with Gasteiger partial charge >= 0.3 is 0 Å². The van der Waals surface area contributed by atoms with Crippen molar-refractivity contribution in [3.05, 3.63) is 24.2 Å². The van der Waals surface area contributed by atoms with Crippen molar-refractivity contribution in [3.8, 4) is 0 Å². The van der Waals surface area contributed by atoms with Gasteiger partial charge in [-0.2, -0.15) is 0 Å². The van der Waals surface area contributed by atoms with Crippen LogP contribution in [0, 0.1) is 0 Å². The number of hydrogen-bond acceptors (Lipinski definition) is 4. The molecule has 2 rings (SSSR count). The zero-order chi connectivity index (χ0) is 16.9. The highest BCUT2D eigenvalue weighted by atomic mass is 16.5. The van der Waals surface area contributed by atoms with Gasteiger partial charge in [0.25, 0.3) is 5.91 Å². The van der Waals surface area contributed by atoms with Crippen molar-refractivity contribution in [1.82, 2.24) is 10.2 Å². The average molecular weight is 322 g/mol. The summed E-state index contributed by atoms with van der Waals surface area (Å²) in [6, 6.07) is 1.64. The van der Waals surface area contributed by atoms with Gasteiger partial charge in [-0.3, -0.25) is 9.59 Å². The standard InChI is InChI=1S/C17H26N2O4/c1-17(2,3)18-15(20)6-8-19(11-14-5-4-9-23-14)16(21)13-7-10-22-12-13/h7,10,12,14H,4-6,8-9,11H2,1-3H3,(H,18,20). The molecule has 1 atom stereocenters. The molecule has 1 unspecified atom stereocenters. The van der Waals surface area contributed by atoms with Crippen LogP contribution in [0.4, 0.5) is 0 Å². The first-order chi connectivity index (χ1) is 10.8. The molecule has 0 aromatic carbocycles. The second-order valence-corrected chi connectivity index (χ2v) is 6.95. The molecule has 128 valence electrons. The van der Waals surface area contributed by atoms with Gasteiger partial charge in [-0.1, -0.05) is 0 Å². The summed E-state index contributed by atoms with van der Waals surface area (Å²) in [4.78, 5) is 26.3. The zero-order valence-electron chi connectivity index (χ0n) is 14.1. The van der Waals surface area contributed by atoms with E-state index in [9.17, 15) is 9.59 Å². The van der Waals surface area contributed by atoms with Gasteiger partial charge in [0, 0.05) is 31.7 Å². The summed E-state index contributed by atoms with van der Waals surface area (Å²) in [6.45, 7) is 7.42. The fourth-order valence-corrected chi connectivity index (χ4v) is 2.60. The molecule has 2 heterocycles. The van der Waals surface area contributed by atoms with E-state index < -0.39 is 0 Å². The van der Waals surface area contributed by atoms with E-state index in [1.54, 1.807) is 11.0 Å². The van der Waals surface area contributed by atoms with E-state index in [4.69, 9.17) is 9.15 Å². The number of furan rings is 1. The fourth-order valence-electron chi connectivity index (χ4n) is 2.60. The van der Waals surface area contributed by atoms with Gasteiger partial charge in [-0.25, -0.2) is 0 Å². The lowest BCUT2D eigenvalue weighted by molar-refractivity contribution is -0.122. The Hall–Kier alpha value is -1.82. The lowest BCUT2D eigenvalue weighted by Crippen LogP contribution is -2.44. The Bertz CT molecular complexity index is 513. The Morgan fingerprint density at radius 1 is 1.39 bits per heavy atom. The van der Waals surface area contributed by atoms with E-state index >= 15 is 0 Å². The van der Waals surface area contributed by atoms with Crippen LogP contribution in [0.5, 0.6) is 0 Å². The van der Waals surface area contributed by atoms with Gasteiger partial charge in [-0.05, 0) is 39.7 Å². The topological polar surface area (TPSA) is 71.8 Å². The SMILES string of the molecule is CC(C)(C)NC(=O)CCN(CC1CCCO1)C(=O)c1ccoc1. The third-order valence-electron chi connectivity index (χ3n) is 3.63. The fraction of sp³-hybridized carbons (Fsp3) is 0.647. The average Bonchev–Trinajstić information content (AvgIpc) is 3.13. The quantitative estimate of drug-likeness (QED) is 0.871. The highest BCUT2D eigenvalue weighted by Crippen LogP contribution is 2.16. The van der Waals surface area contributed by atoms with Gasteiger partial charge in [0.15, 0.2) is 0 Å². The van der Waals surface area contributed by atoms with Crippen molar-refractivity contribution >= 4 is 11.8 Å². The molecule has 1 aliphatic heterocycles. The second kappa shape index (κ2) is 7.64. The van der Waals surface area contributed by atoms with Crippen molar-refractivity contribution in [2.24, 2.45) is 0 Å². The lowest BCUT2D eigenvalue weighted by atomic mass is 10.1. The number of hydrogen-bond donors (Lipinski definition) is 1. The Morgan fingerprint density at radius 3 is 2.74 bits per heavy atom. The van der Waals surface area contributed by atoms with Crippen LogP contribution in [0.3, 0.4) is 0 Å². The maximum absolute atomic E-state index is 12.6. The van der Waals surface area contributed by atoms with Crippen molar-refractivity contribution in [3.63, 3.8) is 0 Å². The molecular weight excluding hydrogens is 296 g/mol. The molecule has 0 bridgehead atoms. The molecule has 0 radical (unpaired) electrons. The van der Waals surface area contributed by atoms with E-state index in [1.165, 1.54) is 12.5 Å². The molecule has 1 N–H and O–H groups in total. The third-order valence-corrected chi connectivity index (χ3v) is 3.63. The van der Waals surface area contributed by atoms with Crippen LogP contribution in [0.15, 0.2) is 23.0 Å². The highest BCUT2D eigenvalue weighted by Gasteiger charge is 2.25. The summed E-state index contributed by atoms with van der Waals surface area (Å²) in [6.07, 6.45) is 5.19. The molecule has 23 heavy (non-hydrogen) atoms. The van der Waals surface area contributed by atoms with Crippen molar-refractivity contribution < 1.29 is 18.7 Å². The van der Waals surface area contributed by atoms with Crippen LogP contribution in [0.2, 0.25) is 0 Å². The molecule has 0 aliphatic carbocycles. The lowest BCUT2D eigenvalue weighted by Gasteiger charge is -2.26. The second-order valence-electron chi connectivity index (χ2n) is 6.95. The van der Waals surface area contributed by atoms with Crippen molar-refractivity contribution in [2.45, 2.75) is 51.7 Å². The number of amides is 2. The van der Waals surface area contributed by atoms with Gasteiger partial charge in [-0.15, -0.1) is 0 Å². The molecule has 2 amide bonds. The molecule has 0 saturated carbocycles. The monoisotopic (exact) mass is 322 g/mol. The van der Waals surface area contributed by atoms with E-state index in [-0.39, 0.29) is 29.9 Å². The minimum Gasteiger partial charge on any atom is -0.472 e. The van der Waals surface area contributed by atoms with E-state index in [2.05, 4.69) is 5.32 Å². The van der Waals surface area contributed by atoms with E-state index in [1.807, 2.05) is 20.8 Å². The predicted molar refractivity (Wildman–Crippen MR) is 86.1 cm³/mol. The maximum Gasteiger partial charge on any atom is 0.257 e. The number of rotatable bonds is 6. The van der Waals surface area contributed by atoms with Crippen LogP contribution >= 0.6 is 0 Å². The highest BCUT2D eigenvalue weighted by molar-refractivity contribution is 5.94. The minimum absolute atomic E-state index is 0.0523. The first-order valence-electron chi connectivity index (χ1n) is 8.09. The number of carbonyl (C=O) groups excluding carboxylic acids is 2. The third kappa shape index (κ3) is 5.71. The van der Waals surface area contributed by atoms with Crippen LogP contribution < -0.4 is 5.32 Å². The van der Waals surface area contributed by atoms with Gasteiger partial charge in [0.05, 0.1) is 17.9 Å².